The van der Waals surface area contributed by atoms with Crippen LogP contribution in [0.4, 0.5) is 0 Å². The number of aliphatic hydroxyl groups is 1. The van der Waals surface area contributed by atoms with E-state index in [1.54, 1.807) is 0 Å². The summed E-state index contributed by atoms with van der Waals surface area (Å²) in [5, 5.41) is 10.6. The van der Waals surface area contributed by atoms with E-state index in [9.17, 15) is 19.3 Å². The number of fused-ring (bicyclic) bond motifs is 5. The Balaban J connectivity index is 1.87. The van der Waals surface area contributed by atoms with Gasteiger partial charge in [0.15, 0.2) is 6.23 Å². The third kappa shape index (κ3) is 6.02. The van der Waals surface area contributed by atoms with Crippen molar-refractivity contribution in [3.63, 3.8) is 0 Å². The predicted octanol–water partition coefficient (Wildman–Crippen LogP) is 1.25. The second-order valence-corrected chi connectivity index (χ2v) is 16.2. The summed E-state index contributed by atoms with van der Waals surface area (Å²) in [6, 6.07) is 0.768. The Morgan fingerprint density at radius 2 is 2.06 bits per heavy atom. The summed E-state index contributed by atoms with van der Waals surface area (Å²) in [5.74, 6) is 0. The van der Waals surface area contributed by atoms with Crippen molar-refractivity contribution >= 4 is 15.9 Å². The molecule has 5 atom stereocenters. The zero-order valence-corrected chi connectivity index (χ0v) is 20.1. The average molecular weight is 479 g/mol. The number of hydrogen-bond donors (Lipinski definition) is 2. The summed E-state index contributed by atoms with van der Waals surface area (Å²) in [6.45, 7) is 6.47. The average Bonchev–Trinajstić information content (AvgIpc) is 2.99. The highest BCUT2D eigenvalue weighted by atomic mass is 31.2. The van der Waals surface area contributed by atoms with Gasteiger partial charge in [0, 0.05) is 26.9 Å². The number of phosphoric ester groups is 1. The molecule has 0 saturated carbocycles. The number of aromatic nitrogens is 2. The lowest BCUT2D eigenvalue weighted by Gasteiger charge is -2.23. The van der Waals surface area contributed by atoms with E-state index in [0.717, 1.165) is 6.04 Å². The van der Waals surface area contributed by atoms with Gasteiger partial charge in [-0.25, -0.2) is 9.36 Å². The summed E-state index contributed by atoms with van der Waals surface area (Å²) in [5.41, 5.74) is -0.874. The van der Waals surface area contributed by atoms with E-state index >= 15 is 0 Å². The summed E-state index contributed by atoms with van der Waals surface area (Å²) >= 11 is 0. The van der Waals surface area contributed by atoms with Crippen LogP contribution in [0.3, 0.4) is 0 Å². The van der Waals surface area contributed by atoms with E-state index < -0.39 is 51.7 Å². The molecule has 176 valence electrons. The molecule has 3 rings (SSSR count). The fourth-order valence-corrected chi connectivity index (χ4v) is 5.52. The Morgan fingerprint density at radius 3 is 2.74 bits per heavy atom. The van der Waals surface area contributed by atoms with Crippen LogP contribution in [-0.2, 0) is 34.0 Å². The first-order chi connectivity index (χ1) is 14.5. The highest BCUT2D eigenvalue weighted by Gasteiger charge is 2.47. The fraction of sp³-hybridized carbons (Fsp3) is 0.778. The smallest absolute Gasteiger partial charge is 0.387 e. The lowest BCUT2D eigenvalue weighted by molar-refractivity contribution is -0.0631. The Bertz CT molecular complexity index is 928. The van der Waals surface area contributed by atoms with Gasteiger partial charge in [-0.1, -0.05) is 19.6 Å². The maximum atomic E-state index is 13.1. The van der Waals surface area contributed by atoms with E-state index in [2.05, 4.69) is 24.6 Å². The van der Waals surface area contributed by atoms with E-state index in [1.165, 1.54) is 17.9 Å². The number of hydrogen-bond acceptors (Lipinski definition) is 9. The van der Waals surface area contributed by atoms with Crippen molar-refractivity contribution in [1.82, 2.24) is 9.55 Å². The first kappa shape index (κ1) is 24.5. The van der Waals surface area contributed by atoms with Crippen molar-refractivity contribution in [2.45, 2.75) is 63.1 Å². The molecule has 0 radical (unpaired) electrons. The zero-order valence-electron chi connectivity index (χ0n) is 18.2. The van der Waals surface area contributed by atoms with Gasteiger partial charge in [-0.15, -0.1) is 0 Å². The van der Waals surface area contributed by atoms with Gasteiger partial charge in [0.05, 0.1) is 19.8 Å². The number of ether oxygens (including phenoxy) is 2. The number of rotatable bonds is 5. The Labute approximate surface area is 181 Å². The summed E-state index contributed by atoms with van der Waals surface area (Å²) in [6.07, 6.45) is -1.99. The molecule has 3 heterocycles. The zero-order chi connectivity index (χ0) is 22.8. The van der Waals surface area contributed by atoms with Crippen LogP contribution in [0.25, 0.3) is 0 Å². The van der Waals surface area contributed by atoms with Crippen molar-refractivity contribution in [3.05, 3.63) is 32.6 Å². The van der Waals surface area contributed by atoms with Crippen molar-refractivity contribution in [1.29, 1.82) is 0 Å². The molecular weight excluding hydrogens is 447 g/mol. The first-order valence-electron chi connectivity index (χ1n) is 10.3. The lowest BCUT2D eigenvalue weighted by Crippen LogP contribution is -2.40. The molecule has 0 amide bonds. The highest BCUT2D eigenvalue weighted by Crippen LogP contribution is 2.50. The van der Waals surface area contributed by atoms with E-state index in [1.807, 2.05) is 0 Å². The lowest BCUT2D eigenvalue weighted by atomic mass is 10.1. The van der Waals surface area contributed by atoms with Gasteiger partial charge >= 0.3 is 13.5 Å². The molecule has 1 fully saturated rings. The number of aryl methyl sites for hydroxylation is 1. The van der Waals surface area contributed by atoms with Gasteiger partial charge in [-0.2, -0.15) is 0 Å². The number of phosphoric acid groups is 1. The van der Waals surface area contributed by atoms with Crippen LogP contribution in [0.1, 0.15) is 18.2 Å². The first-order valence-corrected chi connectivity index (χ1v) is 15.4. The highest BCUT2D eigenvalue weighted by molar-refractivity contribution is 7.48. The van der Waals surface area contributed by atoms with E-state index in [0.29, 0.717) is 12.0 Å². The number of methoxy groups -OCH3 is 1. The van der Waals surface area contributed by atoms with Crippen molar-refractivity contribution < 1.29 is 32.7 Å². The summed E-state index contributed by atoms with van der Waals surface area (Å²) in [7, 11) is -3.97. The van der Waals surface area contributed by atoms with Gasteiger partial charge in [-0.3, -0.25) is 27.9 Å². The number of aliphatic hydroxyl groups excluding tert-OH is 1. The standard InChI is InChI=1S/C18H31N2O9PSi/c1-25-15-14(21)13-11-28-30(24,27-8-9-31(2,3)4)26-7-5-6-12-10-20(17(15)29-13)18(23)19-16(12)22/h10,13-15,17,21H,5-9,11H2,1-4H3,(H,19,22,23)/t13-,14-,15-,17-,30-/m1/s1. The molecule has 2 aliphatic rings. The minimum absolute atomic E-state index is 0.0288. The molecule has 0 unspecified atom stereocenters. The molecule has 1 saturated heterocycles. The second-order valence-electron chi connectivity index (χ2n) is 8.90. The van der Waals surface area contributed by atoms with Gasteiger partial charge in [0.2, 0.25) is 0 Å². The topological polar surface area (TPSA) is 138 Å². The molecule has 31 heavy (non-hydrogen) atoms. The van der Waals surface area contributed by atoms with Gasteiger partial charge in [0.1, 0.15) is 18.3 Å². The normalized spacial score (nSPS) is 32.2. The molecule has 1 aromatic rings. The van der Waals surface area contributed by atoms with Crippen LogP contribution in [-0.4, -0.2) is 68.0 Å². The molecule has 13 heteroatoms. The van der Waals surface area contributed by atoms with Crippen LogP contribution in [0.15, 0.2) is 15.8 Å². The summed E-state index contributed by atoms with van der Waals surface area (Å²) in [4.78, 5) is 26.8. The van der Waals surface area contributed by atoms with Crippen molar-refractivity contribution in [2.24, 2.45) is 0 Å². The SMILES string of the molecule is CO[C@@H]1[C@H](O)[C@H]2CO[P@@](=O)(OCC[Si](C)(C)C)OCCCc3cn(c(=O)[nH]c3=O)[C@@H]1O2. The quantitative estimate of drug-likeness (QED) is 0.473. The van der Waals surface area contributed by atoms with Crippen LogP contribution in [0.5, 0.6) is 0 Å². The maximum Gasteiger partial charge on any atom is 0.474 e. The monoisotopic (exact) mass is 478 g/mol. The molecule has 11 nitrogen and oxygen atoms in total. The van der Waals surface area contributed by atoms with Crippen LogP contribution < -0.4 is 11.2 Å². The largest absolute Gasteiger partial charge is 0.474 e. The molecule has 1 aromatic heterocycles. The number of H-pyrrole nitrogens is 1. The summed E-state index contributed by atoms with van der Waals surface area (Å²) < 4.78 is 42.0. The second kappa shape index (κ2) is 9.80. The molecule has 4 bridgehead atoms. The Hall–Kier alpha value is -1.11. The van der Waals surface area contributed by atoms with E-state index in [4.69, 9.17) is 23.0 Å². The van der Waals surface area contributed by atoms with Crippen LogP contribution in [0.2, 0.25) is 25.7 Å². The van der Waals surface area contributed by atoms with Crippen molar-refractivity contribution in [3.8, 4) is 0 Å². The predicted molar refractivity (Wildman–Crippen MR) is 114 cm³/mol. The van der Waals surface area contributed by atoms with Gasteiger partial charge < -0.3 is 14.6 Å². The van der Waals surface area contributed by atoms with Crippen molar-refractivity contribution in [2.75, 3.05) is 26.9 Å². The molecule has 0 spiro atoms. The minimum Gasteiger partial charge on any atom is -0.387 e. The van der Waals surface area contributed by atoms with Gasteiger partial charge in [0.25, 0.3) is 5.56 Å². The fourth-order valence-electron chi connectivity index (χ4n) is 3.41. The van der Waals surface area contributed by atoms with Crippen LogP contribution in [0, 0.1) is 0 Å². The van der Waals surface area contributed by atoms with Gasteiger partial charge in [-0.05, 0) is 18.9 Å². The number of nitrogens with one attached hydrogen (secondary N) is 1. The van der Waals surface area contributed by atoms with Crippen LogP contribution >= 0.6 is 7.82 Å². The molecular formula is C18H31N2O9PSi. The number of nitrogens with zero attached hydrogens (tertiary/aromatic N) is 1. The Kier molecular flexibility index (Phi) is 7.75. The number of aromatic amines is 1. The third-order valence-corrected chi connectivity index (χ3v) is 8.41. The molecule has 2 N–H and O–H groups in total. The third-order valence-electron chi connectivity index (χ3n) is 5.24. The maximum absolute atomic E-state index is 13.1. The molecule has 0 aliphatic carbocycles. The molecule has 0 aromatic carbocycles. The minimum atomic E-state index is -3.92. The van der Waals surface area contributed by atoms with E-state index in [-0.39, 0.29) is 26.2 Å². The Morgan fingerprint density at radius 1 is 1.32 bits per heavy atom. The molecule has 2 aliphatic heterocycles.